The van der Waals surface area contributed by atoms with Crippen molar-refractivity contribution in [3.05, 3.63) is 40.7 Å². The maximum atomic E-state index is 12.8. The van der Waals surface area contributed by atoms with Gasteiger partial charge in [0.2, 0.25) is 0 Å². The minimum Gasteiger partial charge on any atom is -0.383 e. The van der Waals surface area contributed by atoms with Crippen LogP contribution in [0.3, 0.4) is 0 Å². The third kappa shape index (κ3) is 5.00. The Labute approximate surface area is 142 Å². The van der Waals surface area contributed by atoms with Crippen LogP contribution >= 0.6 is 11.3 Å². The Morgan fingerprint density at radius 3 is 2.62 bits per heavy atom. The maximum absolute atomic E-state index is 12.8. The van der Waals surface area contributed by atoms with Crippen LogP contribution in [0, 0.1) is 12.7 Å². The first-order chi connectivity index (χ1) is 11.5. The molecule has 7 nitrogen and oxygen atoms in total. The van der Waals surface area contributed by atoms with Crippen LogP contribution in [0.1, 0.15) is 15.4 Å². The first-order valence-corrected chi connectivity index (χ1v) is 7.89. The van der Waals surface area contributed by atoms with Gasteiger partial charge in [-0.15, -0.1) is 0 Å². The Bertz CT molecular complexity index is 718. The third-order valence-corrected chi connectivity index (χ3v) is 3.99. The fourth-order valence-corrected chi connectivity index (χ4v) is 2.68. The first-order valence-electron chi connectivity index (χ1n) is 7.07. The molecule has 0 unspecified atom stereocenters. The zero-order valence-electron chi connectivity index (χ0n) is 13.2. The van der Waals surface area contributed by atoms with Gasteiger partial charge in [0.1, 0.15) is 10.7 Å². The molecule has 0 atom stereocenters. The number of hydrogen-bond acceptors (Lipinski definition) is 5. The monoisotopic (exact) mass is 352 g/mol. The summed E-state index contributed by atoms with van der Waals surface area (Å²) in [4.78, 5) is 28.5. The highest BCUT2D eigenvalue weighted by atomic mass is 32.1. The molecular weight excluding hydrogens is 335 g/mol. The number of urea groups is 1. The van der Waals surface area contributed by atoms with Crippen molar-refractivity contribution in [3.63, 3.8) is 0 Å². The number of ether oxygens (including phenoxy) is 1. The van der Waals surface area contributed by atoms with E-state index in [0.29, 0.717) is 34.5 Å². The maximum Gasteiger partial charge on any atom is 0.325 e. The predicted molar refractivity (Wildman–Crippen MR) is 90.1 cm³/mol. The molecule has 0 radical (unpaired) electrons. The second-order valence-corrected chi connectivity index (χ2v) is 5.77. The summed E-state index contributed by atoms with van der Waals surface area (Å²) < 4.78 is 17.7. The number of carbonyl (C=O) groups is 2. The highest BCUT2D eigenvalue weighted by molar-refractivity contribution is 7.17. The summed E-state index contributed by atoms with van der Waals surface area (Å²) in [7, 11) is 1.55. The topological polar surface area (TPSA) is 92.4 Å². The largest absolute Gasteiger partial charge is 0.383 e. The number of halogens is 1. The number of rotatable bonds is 6. The van der Waals surface area contributed by atoms with Crippen molar-refractivity contribution < 1.29 is 18.7 Å². The summed E-state index contributed by atoms with van der Waals surface area (Å²) in [6.07, 6.45) is 0. The molecule has 2 rings (SSSR count). The molecule has 0 saturated heterocycles. The van der Waals surface area contributed by atoms with Gasteiger partial charge >= 0.3 is 6.03 Å². The van der Waals surface area contributed by atoms with Gasteiger partial charge in [-0.3, -0.25) is 10.1 Å². The van der Waals surface area contributed by atoms with Gasteiger partial charge in [-0.1, -0.05) is 11.3 Å². The SMILES string of the molecule is COCCNC(=O)c1sc(NC(=O)Nc2ccc(F)cc2)nc1C. The van der Waals surface area contributed by atoms with Gasteiger partial charge in [0.15, 0.2) is 5.13 Å². The van der Waals surface area contributed by atoms with Crippen LogP contribution in [-0.2, 0) is 4.74 Å². The highest BCUT2D eigenvalue weighted by Gasteiger charge is 2.16. The summed E-state index contributed by atoms with van der Waals surface area (Å²) in [6, 6.07) is 4.84. The lowest BCUT2D eigenvalue weighted by atomic mass is 10.3. The van der Waals surface area contributed by atoms with Crippen LogP contribution in [0.25, 0.3) is 0 Å². The molecular formula is C15H17FN4O3S. The average molecular weight is 352 g/mol. The van der Waals surface area contributed by atoms with Crippen molar-refractivity contribution in [2.24, 2.45) is 0 Å². The van der Waals surface area contributed by atoms with Crippen LogP contribution in [0.2, 0.25) is 0 Å². The molecule has 1 aromatic heterocycles. The standard InChI is InChI=1S/C15H17FN4O3S/c1-9-12(13(21)17-7-8-23-2)24-15(18-9)20-14(22)19-11-5-3-10(16)4-6-11/h3-6H,7-8H2,1-2H3,(H,17,21)(H2,18,19,20,22). The summed E-state index contributed by atoms with van der Waals surface area (Å²) >= 11 is 1.07. The molecule has 1 heterocycles. The van der Waals surface area contributed by atoms with Gasteiger partial charge in [-0.05, 0) is 31.2 Å². The van der Waals surface area contributed by atoms with Gasteiger partial charge in [0.25, 0.3) is 5.91 Å². The molecule has 0 aliphatic rings. The molecule has 2 aromatic rings. The van der Waals surface area contributed by atoms with E-state index in [1.165, 1.54) is 24.3 Å². The number of benzene rings is 1. The Morgan fingerprint density at radius 2 is 1.96 bits per heavy atom. The molecule has 0 aliphatic heterocycles. The van der Waals surface area contributed by atoms with E-state index in [0.717, 1.165) is 11.3 Å². The minimum absolute atomic E-state index is 0.269. The van der Waals surface area contributed by atoms with E-state index in [4.69, 9.17) is 4.74 Å². The number of amides is 3. The van der Waals surface area contributed by atoms with E-state index >= 15 is 0 Å². The van der Waals surface area contributed by atoms with Crippen LogP contribution in [0.15, 0.2) is 24.3 Å². The zero-order valence-corrected chi connectivity index (χ0v) is 14.0. The molecule has 3 N–H and O–H groups in total. The molecule has 3 amide bonds. The van der Waals surface area contributed by atoms with E-state index in [1.807, 2.05) is 0 Å². The van der Waals surface area contributed by atoms with Gasteiger partial charge in [0, 0.05) is 19.3 Å². The van der Waals surface area contributed by atoms with Crippen LogP contribution in [-0.4, -0.2) is 37.2 Å². The average Bonchev–Trinajstić information content (AvgIpc) is 2.90. The van der Waals surface area contributed by atoms with Crippen molar-refractivity contribution in [3.8, 4) is 0 Å². The number of hydrogen-bond donors (Lipinski definition) is 3. The van der Waals surface area contributed by atoms with Gasteiger partial charge in [0.05, 0.1) is 12.3 Å². The Balaban J connectivity index is 1.95. The summed E-state index contributed by atoms with van der Waals surface area (Å²) in [5, 5.41) is 8.09. The second kappa shape index (κ2) is 8.37. The fraction of sp³-hybridized carbons (Fsp3) is 0.267. The molecule has 0 fully saturated rings. The van der Waals surface area contributed by atoms with Gasteiger partial charge in [-0.2, -0.15) is 0 Å². The molecule has 0 aliphatic carbocycles. The number of thiazole rings is 1. The summed E-state index contributed by atoms with van der Waals surface area (Å²) in [6.45, 7) is 2.49. The Morgan fingerprint density at radius 1 is 1.25 bits per heavy atom. The summed E-state index contributed by atoms with van der Waals surface area (Å²) in [5.41, 5.74) is 0.965. The molecule has 0 spiro atoms. The van der Waals surface area contributed by atoms with Gasteiger partial charge < -0.3 is 15.4 Å². The normalized spacial score (nSPS) is 10.3. The predicted octanol–water partition coefficient (Wildman–Crippen LogP) is 2.61. The zero-order chi connectivity index (χ0) is 17.5. The number of methoxy groups -OCH3 is 1. The Kier molecular flexibility index (Phi) is 6.21. The van der Waals surface area contributed by atoms with Crippen molar-refractivity contribution in [1.29, 1.82) is 0 Å². The quantitative estimate of drug-likeness (QED) is 0.697. The number of nitrogens with zero attached hydrogens (tertiary/aromatic N) is 1. The number of aryl methyl sites for hydroxylation is 1. The number of aromatic nitrogens is 1. The molecule has 128 valence electrons. The Hall–Kier alpha value is -2.52. The smallest absolute Gasteiger partial charge is 0.325 e. The van der Waals surface area contributed by atoms with Crippen LogP contribution in [0.4, 0.5) is 20.0 Å². The lowest BCUT2D eigenvalue weighted by Crippen LogP contribution is -2.26. The van der Waals surface area contributed by atoms with Crippen molar-refractivity contribution >= 4 is 34.1 Å². The van der Waals surface area contributed by atoms with Crippen LogP contribution < -0.4 is 16.0 Å². The van der Waals surface area contributed by atoms with Crippen molar-refractivity contribution in [2.45, 2.75) is 6.92 Å². The molecule has 1 aromatic carbocycles. The molecule has 9 heteroatoms. The van der Waals surface area contributed by atoms with Gasteiger partial charge in [-0.25, -0.2) is 14.2 Å². The lowest BCUT2D eigenvalue weighted by molar-refractivity contribution is 0.0940. The number of nitrogens with one attached hydrogen (secondary N) is 3. The van der Waals surface area contributed by atoms with E-state index in [9.17, 15) is 14.0 Å². The van der Waals surface area contributed by atoms with E-state index in [-0.39, 0.29) is 11.7 Å². The first kappa shape index (κ1) is 17.8. The fourth-order valence-electron chi connectivity index (χ4n) is 1.80. The molecule has 0 bridgehead atoms. The molecule has 24 heavy (non-hydrogen) atoms. The van der Waals surface area contributed by atoms with E-state index in [2.05, 4.69) is 20.9 Å². The highest BCUT2D eigenvalue weighted by Crippen LogP contribution is 2.22. The van der Waals surface area contributed by atoms with Crippen molar-refractivity contribution in [1.82, 2.24) is 10.3 Å². The lowest BCUT2D eigenvalue weighted by Gasteiger charge is -2.04. The third-order valence-electron chi connectivity index (χ3n) is 2.92. The van der Waals surface area contributed by atoms with Crippen LogP contribution in [0.5, 0.6) is 0 Å². The number of anilines is 2. The minimum atomic E-state index is -0.526. The number of carbonyl (C=O) groups excluding carboxylic acids is 2. The summed E-state index contributed by atoms with van der Waals surface area (Å²) in [5.74, 6) is -0.658. The second-order valence-electron chi connectivity index (χ2n) is 4.77. The van der Waals surface area contributed by atoms with E-state index in [1.54, 1.807) is 14.0 Å². The molecule has 0 saturated carbocycles. The van der Waals surface area contributed by atoms with Crippen molar-refractivity contribution in [2.75, 3.05) is 30.9 Å². The van der Waals surface area contributed by atoms with E-state index < -0.39 is 6.03 Å².